The minimum absolute atomic E-state index is 0.0907. The average molecular weight is 353 g/mol. The number of ether oxygens (including phenoxy) is 1. The number of esters is 1. The molecule has 1 saturated carbocycles. The number of benzene rings is 1. The van der Waals surface area contributed by atoms with Gasteiger partial charge in [-0.1, -0.05) is 6.07 Å². The van der Waals surface area contributed by atoms with E-state index in [0.717, 1.165) is 12.8 Å². The van der Waals surface area contributed by atoms with Crippen molar-refractivity contribution in [2.24, 2.45) is 0 Å². The summed E-state index contributed by atoms with van der Waals surface area (Å²) in [5.41, 5.74) is 7.49. The van der Waals surface area contributed by atoms with Crippen molar-refractivity contribution in [1.29, 1.82) is 0 Å². The lowest BCUT2D eigenvalue weighted by Gasteiger charge is -2.08. The monoisotopic (exact) mass is 352 g/mol. The molecule has 0 radical (unpaired) electrons. The summed E-state index contributed by atoms with van der Waals surface area (Å²) in [6.07, 6.45) is 3.88. The Morgan fingerprint density at radius 3 is 2.86 bits per heavy atom. The molecule has 0 saturated heterocycles. The highest BCUT2D eigenvalue weighted by molar-refractivity contribution is 9.10. The van der Waals surface area contributed by atoms with Crippen LogP contribution in [0.2, 0.25) is 0 Å². The molecule has 1 aliphatic rings. The van der Waals surface area contributed by atoms with Gasteiger partial charge < -0.3 is 15.0 Å². The number of anilines is 1. The number of carbonyl (C=O) groups excluding carboxylic acids is 1. The van der Waals surface area contributed by atoms with E-state index >= 15 is 0 Å². The Morgan fingerprint density at radius 2 is 2.19 bits per heavy atom. The third kappa shape index (κ3) is 3.10. The molecule has 1 heterocycles. The van der Waals surface area contributed by atoms with Gasteiger partial charge in [0.1, 0.15) is 18.1 Å². The highest BCUT2D eigenvalue weighted by Crippen LogP contribution is 2.37. The number of carbonyl (C=O) groups is 1. The molecule has 2 N–H and O–H groups in total. The summed E-state index contributed by atoms with van der Waals surface area (Å²) < 4.78 is 20.6. The molecule has 0 atom stereocenters. The molecular formula is C15H14BrFN2O2. The summed E-state index contributed by atoms with van der Waals surface area (Å²) in [5, 5.41) is 0. The largest absolute Gasteiger partial charge is 0.456 e. The number of halogens is 2. The standard InChI is InChI=1S/C15H14BrFN2O2/c16-12-5-9(1-4-13(12)17)8-21-15(20)14-6-10(18)7-19(14)11-2-3-11/h1,4-7,11H,2-3,8,18H2. The van der Waals surface area contributed by atoms with Crippen molar-refractivity contribution in [2.45, 2.75) is 25.5 Å². The molecule has 0 aliphatic heterocycles. The number of hydrogen-bond acceptors (Lipinski definition) is 3. The van der Waals surface area contributed by atoms with Gasteiger partial charge in [-0.2, -0.15) is 0 Å². The lowest BCUT2D eigenvalue weighted by atomic mass is 10.2. The van der Waals surface area contributed by atoms with Crippen molar-refractivity contribution in [1.82, 2.24) is 4.57 Å². The van der Waals surface area contributed by atoms with E-state index in [4.69, 9.17) is 10.5 Å². The topological polar surface area (TPSA) is 57.3 Å². The van der Waals surface area contributed by atoms with Crippen LogP contribution in [-0.2, 0) is 11.3 Å². The maximum Gasteiger partial charge on any atom is 0.355 e. The molecule has 0 spiro atoms. The average Bonchev–Trinajstić information content (AvgIpc) is 3.22. The SMILES string of the molecule is Nc1cc(C(=O)OCc2ccc(F)c(Br)c2)n(C2CC2)c1. The van der Waals surface area contributed by atoms with Crippen molar-refractivity contribution in [3.05, 3.63) is 52.0 Å². The van der Waals surface area contributed by atoms with Crippen LogP contribution < -0.4 is 5.73 Å². The van der Waals surface area contributed by atoms with Gasteiger partial charge in [0, 0.05) is 12.2 Å². The molecule has 1 aromatic carbocycles. The minimum Gasteiger partial charge on any atom is -0.456 e. The van der Waals surface area contributed by atoms with E-state index in [1.165, 1.54) is 6.07 Å². The van der Waals surface area contributed by atoms with Gasteiger partial charge in [-0.15, -0.1) is 0 Å². The number of aromatic nitrogens is 1. The summed E-state index contributed by atoms with van der Waals surface area (Å²) in [5.74, 6) is -0.764. The smallest absolute Gasteiger partial charge is 0.355 e. The first-order valence-electron chi connectivity index (χ1n) is 6.63. The zero-order valence-electron chi connectivity index (χ0n) is 11.2. The van der Waals surface area contributed by atoms with Gasteiger partial charge in [0.2, 0.25) is 0 Å². The minimum atomic E-state index is -0.418. The molecule has 0 amide bonds. The fourth-order valence-corrected chi connectivity index (χ4v) is 2.60. The molecule has 6 heteroatoms. The molecule has 2 aromatic rings. The Bertz CT molecular complexity index is 695. The first-order chi connectivity index (χ1) is 10.0. The van der Waals surface area contributed by atoms with E-state index in [2.05, 4.69) is 15.9 Å². The van der Waals surface area contributed by atoms with Gasteiger partial charge in [-0.05, 0) is 52.5 Å². The molecule has 1 fully saturated rings. The normalized spacial score (nSPS) is 14.2. The lowest BCUT2D eigenvalue weighted by Crippen LogP contribution is -2.11. The van der Waals surface area contributed by atoms with E-state index in [-0.39, 0.29) is 12.4 Å². The van der Waals surface area contributed by atoms with Crippen LogP contribution in [0.15, 0.2) is 34.9 Å². The Kier molecular flexibility index (Phi) is 3.71. The molecule has 1 aliphatic carbocycles. The lowest BCUT2D eigenvalue weighted by molar-refractivity contribution is 0.0459. The fourth-order valence-electron chi connectivity index (χ4n) is 2.17. The zero-order chi connectivity index (χ0) is 15.0. The Labute approximate surface area is 129 Å². The van der Waals surface area contributed by atoms with Crippen molar-refractivity contribution < 1.29 is 13.9 Å². The predicted octanol–water partition coefficient (Wildman–Crippen LogP) is 3.66. The van der Waals surface area contributed by atoms with E-state index in [0.29, 0.717) is 27.5 Å². The second kappa shape index (κ2) is 5.52. The Hall–Kier alpha value is -1.82. The van der Waals surface area contributed by atoms with Crippen molar-refractivity contribution >= 4 is 27.6 Å². The van der Waals surface area contributed by atoms with Crippen LogP contribution in [0.25, 0.3) is 0 Å². The molecule has 4 nitrogen and oxygen atoms in total. The maximum absolute atomic E-state index is 13.1. The molecule has 110 valence electrons. The molecule has 0 unspecified atom stereocenters. The van der Waals surface area contributed by atoms with Crippen LogP contribution >= 0.6 is 15.9 Å². The predicted molar refractivity (Wildman–Crippen MR) is 80.3 cm³/mol. The van der Waals surface area contributed by atoms with Gasteiger partial charge in [0.15, 0.2) is 0 Å². The van der Waals surface area contributed by atoms with Crippen molar-refractivity contribution in [3.63, 3.8) is 0 Å². The first-order valence-corrected chi connectivity index (χ1v) is 7.42. The number of nitrogens with zero attached hydrogens (tertiary/aromatic N) is 1. The third-order valence-corrected chi connectivity index (χ3v) is 3.98. The molecule has 3 rings (SSSR count). The van der Waals surface area contributed by atoms with Gasteiger partial charge in [0.05, 0.1) is 10.2 Å². The first kappa shape index (κ1) is 14.1. The van der Waals surface area contributed by atoms with Gasteiger partial charge >= 0.3 is 5.97 Å². The summed E-state index contributed by atoms with van der Waals surface area (Å²) in [4.78, 5) is 12.2. The fraction of sp³-hybridized carbons (Fsp3) is 0.267. The molecule has 21 heavy (non-hydrogen) atoms. The highest BCUT2D eigenvalue weighted by Gasteiger charge is 2.28. The van der Waals surface area contributed by atoms with E-state index in [1.807, 2.05) is 4.57 Å². The number of hydrogen-bond donors (Lipinski definition) is 1. The van der Waals surface area contributed by atoms with Crippen molar-refractivity contribution in [2.75, 3.05) is 5.73 Å². The van der Waals surface area contributed by atoms with E-state index in [1.54, 1.807) is 24.4 Å². The maximum atomic E-state index is 13.1. The summed E-state index contributed by atoms with van der Waals surface area (Å²) in [6.45, 7) is 0.0907. The Balaban J connectivity index is 1.70. The van der Waals surface area contributed by atoms with Gasteiger partial charge in [-0.25, -0.2) is 9.18 Å². The molecule has 0 bridgehead atoms. The van der Waals surface area contributed by atoms with E-state index < -0.39 is 5.97 Å². The quantitative estimate of drug-likeness (QED) is 0.854. The van der Waals surface area contributed by atoms with Crippen LogP contribution in [0.1, 0.15) is 34.9 Å². The Morgan fingerprint density at radius 1 is 1.43 bits per heavy atom. The van der Waals surface area contributed by atoms with Crippen LogP contribution in [0, 0.1) is 5.82 Å². The number of nitrogen functional groups attached to an aromatic ring is 1. The second-order valence-corrected chi connectivity index (χ2v) is 5.98. The molecular weight excluding hydrogens is 339 g/mol. The summed E-state index contributed by atoms with van der Waals surface area (Å²) >= 11 is 3.10. The van der Waals surface area contributed by atoms with Crippen LogP contribution in [0.5, 0.6) is 0 Å². The molecule has 1 aromatic heterocycles. The highest BCUT2D eigenvalue weighted by atomic mass is 79.9. The van der Waals surface area contributed by atoms with Crippen molar-refractivity contribution in [3.8, 4) is 0 Å². The summed E-state index contributed by atoms with van der Waals surface area (Å²) in [7, 11) is 0. The van der Waals surface area contributed by atoms with Crippen LogP contribution in [0.3, 0.4) is 0 Å². The van der Waals surface area contributed by atoms with Gasteiger partial charge in [0.25, 0.3) is 0 Å². The third-order valence-electron chi connectivity index (χ3n) is 3.37. The van der Waals surface area contributed by atoms with Crippen LogP contribution in [0.4, 0.5) is 10.1 Å². The number of nitrogens with two attached hydrogens (primary N) is 1. The van der Waals surface area contributed by atoms with E-state index in [9.17, 15) is 9.18 Å². The number of rotatable bonds is 4. The van der Waals surface area contributed by atoms with Gasteiger partial charge in [-0.3, -0.25) is 0 Å². The van der Waals surface area contributed by atoms with Crippen LogP contribution in [-0.4, -0.2) is 10.5 Å². The summed E-state index contributed by atoms with van der Waals surface area (Å²) in [6, 6.07) is 6.49. The second-order valence-electron chi connectivity index (χ2n) is 5.12. The zero-order valence-corrected chi connectivity index (χ0v) is 12.8.